The summed E-state index contributed by atoms with van der Waals surface area (Å²) in [7, 11) is -1.66. The summed E-state index contributed by atoms with van der Waals surface area (Å²) in [4.78, 5) is 5.95. The second kappa shape index (κ2) is 6.76. The molecule has 2 heterocycles. The molecule has 0 spiro atoms. The number of aromatic amines is 1. The molecule has 2 N–H and O–H groups in total. The molecule has 0 amide bonds. The third kappa shape index (κ3) is 3.17. The van der Waals surface area contributed by atoms with E-state index in [2.05, 4.69) is 21.7 Å². The molecule has 0 radical (unpaired) electrons. The maximum absolute atomic E-state index is 13.2. The quantitative estimate of drug-likeness (QED) is 0.497. The summed E-state index contributed by atoms with van der Waals surface area (Å²) in [5.41, 5.74) is 4.07. The topological polar surface area (TPSA) is 65.2 Å². The van der Waals surface area contributed by atoms with Crippen LogP contribution in [-0.4, -0.2) is 31.9 Å². The molecule has 1 aromatic heterocycles. The summed E-state index contributed by atoms with van der Waals surface area (Å²) in [5, 5.41) is 2.94. The molecule has 1 aliphatic heterocycles. The minimum absolute atomic E-state index is 0.218. The number of aromatic nitrogens is 1. The van der Waals surface area contributed by atoms with Crippen molar-refractivity contribution < 1.29 is 8.42 Å². The van der Waals surface area contributed by atoms with Gasteiger partial charge in [0.15, 0.2) is 0 Å². The first kappa shape index (κ1) is 18.5. The van der Waals surface area contributed by atoms with E-state index in [1.165, 1.54) is 11.3 Å². The Morgan fingerprint density at radius 1 is 1.03 bits per heavy atom. The average molecular weight is 426 g/mol. The largest absolute Gasteiger partial charge is 0.357 e. The SMILES string of the molecule is CN1CCc2c([nH]c3ccc(NS(=O)(=O)c4cccc5c(Cl)cccc45)cc23)C1. The summed E-state index contributed by atoms with van der Waals surface area (Å²) < 4.78 is 29.1. The maximum atomic E-state index is 13.2. The van der Waals surface area contributed by atoms with E-state index in [9.17, 15) is 8.42 Å². The van der Waals surface area contributed by atoms with Gasteiger partial charge in [-0.3, -0.25) is 4.72 Å². The van der Waals surface area contributed by atoms with E-state index in [0.717, 1.165) is 35.8 Å². The number of benzene rings is 3. The van der Waals surface area contributed by atoms with Gasteiger partial charge >= 0.3 is 0 Å². The van der Waals surface area contributed by atoms with Gasteiger partial charge in [-0.1, -0.05) is 35.9 Å². The molecule has 0 fully saturated rings. The number of rotatable bonds is 3. The molecular weight excluding hydrogens is 406 g/mol. The van der Waals surface area contributed by atoms with Gasteiger partial charge in [0, 0.05) is 51.2 Å². The van der Waals surface area contributed by atoms with E-state index in [1.807, 2.05) is 18.2 Å². The molecular formula is C22H20ClN3O2S. The lowest BCUT2D eigenvalue weighted by molar-refractivity contribution is 0.310. The van der Waals surface area contributed by atoms with Gasteiger partial charge in [-0.15, -0.1) is 0 Å². The smallest absolute Gasteiger partial charge is 0.262 e. The van der Waals surface area contributed by atoms with Crippen LogP contribution >= 0.6 is 11.6 Å². The number of hydrogen-bond acceptors (Lipinski definition) is 3. The van der Waals surface area contributed by atoms with E-state index in [4.69, 9.17) is 11.6 Å². The lowest BCUT2D eigenvalue weighted by Crippen LogP contribution is -2.26. The van der Waals surface area contributed by atoms with Crippen molar-refractivity contribution in [1.29, 1.82) is 0 Å². The molecule has 5 rings (SSSR count). The summed E-state index contributed by atoms with van der Waals surface area (Å²) in [6.45, 7) is 1.87. The fourth-order valence-corrected chi connectivity index (χ4v) is 5.64. The molecule has 5 nitrogen and oxygen atoms in total. The van der Waals surface area contributed by atoms with E-state index in [-0.39, 0.29) is 4.90 Å². The van der Waals surface area contributed by atoms with Crippen LogP contribution in [0.5, 0.6) is 0 Å². The molecule has 0 unspecified atom stereocenters. The maximum Gasteiger partial charge on any atom is 0.262 e. The number of nitrogens with zero attached hydrogens (tertiary/aromatic N) is 1. The molecule has 0 saturated heterocycles. The van der Waals surface area contributed by atoms with Gasteiger partial charge in [0.1, 0.15) is 0 Å². The zero-order valence-corrected chi connectivity index (χ0v) is 17.4. The average Bonchev–Trinajstić information content (AvgIpc) is 3.04. The van der Waals surface area contributed by atoms with Crippen LogP contribution in [0.15, 0.2) is 59.5 Å². The van der Waals surface area contributed by atoms with Crippen LogP contribution in [0.3, 0.4) is 0 Å². The Bertz CT molecular complexity index is 1360. The molecule has 148 valence electrons. The van der Waals surface area contributed by atoms with Crippen molar-refractivity contribution >= 4 is 49.0 Å². The normalized spacial score (nSPS) is 15.0. The number of H-pyrrole nitrogens is 1. The highest BCUT2D eigenvalue weighted by atomic mass is 35.5. The third-order valence-corrected chi connectivity index (χ3v) is 7.31. The molecule has 4 aromatic rings. The second-order valence-electron chi connectivity index (χ2n) is 7.53. The Morgan fingerprint density at radius 3 is 2.69 bits per heavy atom. The van der Waals surface area contributed by atoms with Crippen molar-refractivity contribution in [3.8, 4) is 0 Å². The molecule has 3 aromatic carbocycles. The number of fused-ring (bicyclic) bond motifs is 4. The molecule has 0 saturated carbocycles. The summed E-state index contributed by atoms with van der Waals surface area (Å²) in [6.07, 6.45) is 0.948. The Kier molecular flexibility index (Phi) is 4.31. The van der Waals surface area contributed by atoms with E-state index >= 15 is 0 Å². The number of hydrogen-bond donors (Lipinski definition) is 2. The number of sulfonamides is 1. The highest BCUT2D eigenvalue weighted by Gasteiger charge is 2.21. The van der Waals surface area contributed by atoms with Gasteiger partial charge in [0.25, 0.3) is 10.0 Å². The standard InChI is InChI=1S/C22H20ClN3O2S/c1-26-11-10-16-18-12-14(8-9-20(18)24-21(16)13-26)25-29(27,28)22-7-3-4-15-17(22)5-2-6-19(15)23/h2-9,12,24-25H,10-11,13H2,1H3. The number of halogens is 1. The Hall–Kier alpha value is -2.54. The van der Waals surface area contributed by atoms with Gasteiger partial charge < -0.3 is 9.88 Å². The van der Waals surface area contributed by atoms with Crippen molar-refractivity contribution in [2.24, 2.45) is 0 Å². The first-order valence-electron chi connectivity index (χ1n) is 9.44. The van der Waals surface area contributed by atoms with Crippen molar-refractivity contribution in [1.82, 2.24) is 9.88 Å². The van der Waals surface area contributed by atoms with Crippen LogP contribution in [0, 0.1) is 0 Å². The number of nitrogens with one attached hydrogen (secondary N) is 2. The Morgan fingerprint density at radius 2 is 1.83 bits per heavy atom. The fourth-order valence-electron chi connectivity index (χ4n) is 4.13. The van der Waals surface area contributed by atoms with E-state index < -0.39 is 10.0 Å². The van der Waals surface area contributed by atoms with Crippen molar-refractivity contribution in [3.05, 3.63) is 70.9 Å². The lowest BCUT2D eigenvalue weighted by atomic mass is 10.0. The van der Waals surface area contributed by atoms with Crippen molar-refractivity contribution in [2.75, 3.05) is 18.3 Å². The highest BCUT2D eigenvalue weighted by Crippen LogP contribution is 2.32. The number of likely N-dealkylation sites (N-methyl/N-ethyl adjacent to an activating group) is 1. The molecule has 1 aliphatic rings. The van der Waals surface area contributed by atoms with Gasteiger partial charge in [-0.2, -0.15) is 0 Å². The molecule has 0 bridgehead atoms. The van der Waals surface area contributed by atoms with E-state index in [0.29, 0.717) is 16.1 Å². The minimum Gasteiger partial charge on any atom is -0.357 e. The van der Waals surface area contributed by atoms with Gasteiger partial charge in [-0.25, -0.2) is 8.42 Å². The molecule has 0 aliphatic carbocycles. The van der Waals surface area contributed by atoms with Crippen molar-refractivity contribution in [2.45, 2.75) is 17.9 Å². The van der Waals surface area contributed by atoms with Crippen LogP contribution < -0.4 is 4.72 Å². The van der Waals surface area contributed by atoms with Crippen LogP contribution in [0.4, 0.5) is 5.69 Å². The molecule has 7 heteroatoms. The fraction of sp³-hybridized carbons (Fsp3) is 0.182. The predicted molar refractivity (Wildman–Crippen MR) is 118 cm³/mol. The first-order valence-corrected chi connectivity index (χ1v) is 11.3. The van der Waals surface area contributed by atoms with Crippen LogP contribution in [0.25, 0.3) is 21.7 Å². The molecule has 0 atom stereocenters. The van der Waals surface area contributed by atoms with Crippen LogP contribution in [0.1, 0.15) is 11.3 Å². The third-order valence-electron chi connectivity index (χ3n) is 5.54. The minimum atomic E-state index is -3.77. The summed E-state index contributed by atoms with van der Waals surface area (Å²) in [6, 6.07) is 16.1. The van der Waals surface area contributed by atoms with Crippen LogP contribution in [-0.2, 0) is 23.0 Å². The zero-order chi connectivity index (χ0) is 20.2. The summed E-state index contributed by atoms with van der Waals surface area (Å²) in [5.74, 6) is 0. The Balaban J connectivity index is 1.56. The predicted octanol–water partition coefficient (Wildman–Crippen LogP) is 4.76. The lowest BCUT2D eigenvalue weighted by Gasteiger charge is -2.22. The van der Waals surface area contributed by atoms with Gasteiger partial charge in [0.2, 0.25) is 0 Å². The summed E-state index contributed by atoms with van der Waals surface area (Å²) >= 11 is 6.25. The van der Waals surface area contributed by atoms with Crippen molar-refractivity contribution in [3.63, 3.8) is 0 Å². The van der Waals surface area contributed by atoms with Crippen LogP contribution in [0.2, 0.25) is 5.02 Å². The first-order chi connectivity index (χ1) is 13.9. The highest BCUT2D eigenvalue weighted by molar-refractivity contribution is 7.93. The van der Waals surface area contributed by atoms with E-state index in [1.54, 1.807) is 36.4 Å². The monoisotopic (exact) mass is 425 g/mol. The number of anilines is 1. The zero-order valence-electron chi connectivity index (χ0n) is 15.9. The van der Waals surface area contributed by atoms with Gasteiger partial charge in [0.05, 0.1) is 4.90 Å². The second-order valence-corrected chi connectivity index (χ2v) is 9.58. The molecule has 29 heavy (non-hydrogen) atoms. The van der Waals surface area contributed by atoms with Gasteiger partial charge in [-0.05, 0) is 49.4 Å². The Labute approximate surface area is 174 Å².